The van der Waals surface area contributed by atoms with Gasteiger partial charge in [-0.2, -0.15) is 0 Å². The molecule has 1 rings (SSSR count). The van der Waals surface area contributed by atoms with Crippen LogP contribution in [0.1, 0.15) is 45.2 Å². The highest BCUT2D eigenvalue weighted by atomic mass is 16.4. The minimum Gasteiger partial charge on any atom is -0.481 e. The number of hydrogen-bond donors (Lipinski definition) is 9. The Kier molecular flexibility index (Phi) is 13.2. The van der Waals surface area contributed by atoms with Crippen molar-refractivity contribution in [2.45, 2.75) is 70.1 Å². The number of nitrogens with one attached hydrogen (secondary N) is 4. The number of aromatic nitrogens is 2. The van der Waals surface area contributed by atoms with Crippen LogP contribution in [0.4, 0.5) is 0 Å². The molecule has 0 radical (unpaired) electrons. The minimum absolute atomic E-state index is 0.0250. The van der Waals surface area contributed by atoms with Gasteiger partial charge in [-0.15, -0.1) is 0 Å². The summed E-state index contributed by atoms with van der Waals surface area (Å²) in [7, 11) is 0. The third kappa shape index (κ3) is 11.2. The van der Waals surface area contributed by atoms with E-state index in [4.69, 9.17) is 22.3 Å². The standard InChI is InChI=1S/C22H37N9O7/c1-3-11(2)17(21(37)38)31-20(36)15(7-12-9-26-10-28-12)30-19(35)14(5-4-6-27-22(24)25)29-18(34)13(23)8-16(32)33/h9-11,13-15,17H,3-8,23H2,1-2H3,(H,26,28)(H,29,34)(H,30,35)(H,31,36)(H,32,33)(H,37,38)(H4,24,25,27). The third-order valence-corrected chi connectivity index (χ3v) is 5.70. The van der Waals surface area contributed by atoms with Crippen LogP contribution in [-0.2, 0) is 30.4 Å². The molecular weight excluding hydrogens is 502 g/mol. The Balaban J connectivity index is 3.13. The van der Waals surface area contributed by atoms with Gasteiger partial charge in [-0.25, -0.2) is 9.78 Å². The largest absolute Gasteiger partial charge is 0.481 e. The molecule has 0 aliphatic carbocycles. The Bertz CT molecular complexity index is 980. The number of rotatable bonds is 17. The van der Waals surface area contributed by atoms with Crippen LogP contribution in [0.5, 0.6) is 0 Å². The molecule has 38 heavy (non-hydrogen) atoms. The lowest BCUT2D eigenvalue weighted by Crippen LogP contribution is -2.58. The first-order chi connectivity index (χ1) is 17.8. The summed E-state index contributed by atoms with van der Waals surface area (Å²) in [5.74, 6) is -5.49. The lowest BCUT2D eigenvalue weighted by atomic mass is 9.98. The average molecular weight is 540 g/mol. The molecule has 0 aliphatic heterocycles. The van der Waals surface area contributed by atoms with Crippen LogP contribution < -0.4 is 33.2 Å². The van der Waals surface area contributed by atoms with E-state index in [9.17, 15) is 29.1 Å². The smallest absolute Gasteiger partial charge is 0.326 e. The maximum atomic E-state index is 13.2. The van der Waals surface area contributed by atoms with Crippen LogP contribution in [0.25, 0.3) is 0 Å². The van der Waals surface area contributed by atoms with Gasteiger partial charge in [-0.3, -0.25) is 24.2 Å². The summed E-state index contributed by atoms with van der Waals surface area (Å²) in [6, 6.07) is -5.08. The second kappa shape index (κ2) is 15.8. The van der Waals surface area contributed by atoms with Gasteiger partial charge >= 0.3 is 11.9 Å². The zero-order valence-electron chi connectivity index (χ0n) is 21.3. The summed E-state index contributed by atoms with van der Waals surface area (Å²) in [5.41, 5.74) is 16.7. The van der Waals surface area contributed by atoms with E-state index in [1.54, 1.807) is 13.8 Å². The van der Waals surface area contributed by atoms with Crippen LogP contribution in [0.3, 0.4) is 0 Å². The van der Waals surface area contributed by atoms with Crippen LogP contribution in [-0.4, -0.2) is 86.5 Å². The van der Waals surface area contributed by atoms with Gasteiger partial charge in [0.1, 0.15) is 18.1 Å². The van der Waals surface area contributed by atoms with Crippen LogP contribution in [0.2, 0.25) is 0 Å². The number of carbonyl (C=O) groups is 5. The number of nitrogens with zero attached hydrogens (tertiary/aromatic N) is 2. The molecule has 3 amide bonds. The van der Waals surface area contributed by atoms with Crippen molar-refractivity contribution >= 4 is 35.6 Å². The SMILES string of the molecule is CCC(C)C(NC(=O)C(Cc1cnc[nH]1)NC(=O)C(CCCN=C(N)N)NC(=O)C(N)CC(=O)O)C(=O)O. The molecule has 0 bridgehead atoms. The molecule has 0 saturated carbocycles. The van der Waals surface area contributed by atoms with Gasteiger partial charge in [-0.1, -0.05) is 20.3 Å². The van der Waals surface area contributed by atoms with E-state index in [0.717, 1.165) is 0 Å². The fraction of sp³-hybridized carbons (Fsp3) is 0.591. The fourth-order valence-electron chi connectivity index (χ4n) is 3.37. The van der Waals surface area contributed by atoms with Crippen molar-refractivity contribution in [1.82, 2.24) is 25.9 Å². The van der Waals surface area contributed by atoms with Gasteiger partial charge in [0.05, 0.1) is 18.8 Å². The first kappa shape index (κ1) is 31.8. The number of aliphatic imine (C=N–C) groups is 1. The van der Waals surface area contributed by atoms with Crippen molar-refractivity contribution in [3.8, 4) is 0 Å². The number of carboxylic acid groups (broad SMARTS) is 2. The van der Waals surface area contributed by atoms with Crippen molar-refractivity contribution in [2.24, 2.45) is 28.1 Å². The molecule has 16 heteroatoms. The highest BCUT2D eigenvalue weighted by molar-refractivity contribution is 5.94. The summed E-state index contributed by atoms with van der Waals surface area (Å²) in [5, 5.41) is 25.9. The van der Waals surface area contributed by atoms with Gasteiger partial charge in [0.15, 0.2) is 5.96 Å². The molecule has 5 unspecified atom stereocenters. The van der Waals surface area contributed by atoms with Gasteiger partial charge in [0.2, 0.25) is 17.7 Å². The van der Waals surface area contributed by atoms with E-state index in [1.807, 2.05) is 0 Å². The summed E-state index contributed by atoms with van der Waals surface area (Å²) in [6.07, 6.45) is 2.85. The molecule has 0 aliphatic rings. The second-order valence-electron chi connectivity index (χ2n) is 8.77. The number of carboxylic acids is 2. The number of carbonyl (C=O) groups excluding carboxylic acids is 3. The molecule has 1 heterocycles. The first-order valence-electron chi connectivity index (χ1n) is 12.0. The topological polar surface area (TPSA) is 281 Å². The number of aliphatic carboxylic acids is 2. The molecular formula is C22H37N9O7. The number of imidazole rings is 1. The highest BCUT2D eigenvalue weighted by Crippen LogP contribution is 2.10. The lowest BCUT2D eigenvalue weighted by molar-refractivity contribution is -0.143. The molecule has 12 N–H and O–H groups in total. The van der Waals surface area contributed by atoms with E-state index in [2.05, 4.69) is 30.9 Å². The predicted molar refractivity (Wildman–Crippen MR) is 135 cm³/mol. The molecule has 0 fully saturated rings. The normalized spacial score (nSPS) is 14.7. The fourth-order valence-corrected chi connectivity index (χ4v) is 3.37. The molecule has 0 saturated heterocycles. The number of hydrogen-bond acceptors (Lipinski definition) is 8. The molecule has 212 valence electrons. The van der Waals surface area contributed by atoms with Crippen LogP contribution >= 0.6 is 0 Å². The van der Waals surface area contributed by atoms with Crippen LogP contribution in [0, 0.1) is 5.92 Å². The Morgan fingerprint density at radius 3 is 2.21 bits per heavy atom. The first-order valence-corrected chi connectivity index (χ1v) is 12.0. The Hall–Kier alpha value is -4.21. The molecule has 16 nitrogen and oxygen atoms in total. The van der Waals surface area contributed by atoms with E-state index < -0.39 is 66.2 Å². The third-order valence-electron chi connectivity index (χ3n) is 5.70. The quantitative estimate of drug-likeness (QED) is 0.0561. The Morgan fingerprint density at radius 1 is 1.05 bits per heavy atom. The van der Waals surface area contributed by atoms with Crippen molar-refractivity contribution < 1.29 is 34.2 Å². The Morgan fingerprint density at radius 2 is 1.68 bits per heavy atom. The monoisotopic (exact) mass is 539 g/mol. The second-order valence-corrected chi connectivity index (χ2v) is 8.77. The maximum Gasteiger partial charge on any atom is 0.326 e. The van der Waals surface area contributed by atoms with E-state index in [1.165, 1.54) is 12.5 Å². The highest BCUT2D eigenvalue weighted by Gasteiger charge is 2.32. The summed E-state index contributed by atoms with van der Waals surface area (Å²) >= 11 is 0. The summed E-state index contributed by atoms with van der Waals surface area (Å²) in [4.78, 5) is 71.9. The lowest BCUT2D eigenvalue weighted by Gasteiger charge is -2.26. The summed E-state index contributed by atoms with van der Waals surface area (Å²) in [6.45, 7) is 3.59. The zero-order valence-corrected chi connectivity index (χ0v) is 21.3. The van der Waals surface area contributed by atoms with E-state index in [-0.39, 0.29) is 31.8 Å². The zero-order chi connectivity index (χ0) is 28.8. The summed E-state index contributed by atoms with van der Waals surface area (Å²) < 4.78 is 0. The van der Waals surface area contributed by atoms with Crippen molar-refractivity contribution in [1.29, 1.82) is 0 Å². The number of guanidine groups is 1. The maximum absolute atomic E-state index is 13.2. The number of amides is 3. The van der Waals surface area contributed by atoms with Crippen molar-refractivity contribution in [3.63, 3.8) is 0 Å². The number of H-pyrrole nitrogens is 1. The number of nitrogens with two attached hydrogens (primary N) is 3. The van der Waals surface area contributed by atoms with Gasteiger partial charge < -0.3 is 48.3 Å². The molecule has 0 spiro atoms. The molecule has 1 aromatic heterocycles. The van der Waals surface area contributed by atoms with E-state index >= 15 is 0 Å². The van der Waals surface area contributed by atoms with E-state index in [0.29, 0.717) is 12.1 Å². The van der Waals surface area contributed by atoms with Crippen molar-refractivity contribution in [2.75, 3.05) is 6.54 Å². The minimum atomic E-state index is -1.42. The van der Waals surface area contributed by atoms with Gasteiger partial charge in [-0.05, 0) is 18.8 Å². The molecule has 0 aromatic carbocycles. The molecule has 1 aromatic rings. The average Bonchev–Trinajstić information content (AvgIpc) is 3.35. The van der Waals surface area contributed by atoms with Crippen molar-refractivity contribution in [3.05, 3.63) is 18.2 Å². The Labute approximate surface area is 219 Å². The molecule has 5 atom stereocenters. The van der Waals surface area contributed by atoms with Gasteiger partial charge in [0.25, 0.3) is 0 Å². The van der Waals surface area contributed by atoms with Gasteiger partial charge in [0, 0.05) is 24.9 Å². The number of aromatic amines is 1. The predicted octanol–water partition coefficient (Wildman–Crippen LogP) is -2.61. The van der Waals surface area contributed by atoms with Crippen LogP contribution in [0.15, 0.2) is 17.5 Å².